The van der Waals surface area contributed by atoms with E-state index in [2.05, 4.69) is 9.97 Å². The zero-order valence-corrected chi connectivity index (χ0v) is 8.72. The SMILES string of the molecule is O=S(=O)(CCCCl)c1ncc(F)cn1. The number of rotatable bonds is 4. The molecule has 0 saturated carbocycles. The van der Waals surface area contributed by atoms with Crippen LogP contribution in [0.4, 0.5) is 4.39 Å². The van der Waals surface area contributed by atoms with Crippen molar-refractivity contribution in [3.05, 3.63) is 18.2 Å². The minimum Gasteiger partial charge on any atom is -0.224 e. The molecule has 4 nitrogen and oxygen atoms in total. The Balaban J connectivity index is 2.87. The number of sulfone groups is 1. The summed E-state index contributed by atoms with van der Waals surface area (Å²) in [5.41, 5.74) is 0. The molecule has 0 atom stereocenters. The topological polar surface area (TPSA) is 59.9 Å². The van der Waals surface area contributed by atoms with E-state index in [1.54, 1.807) is 0 Å². The molecule has 1 aromatic rings. The van der Waals surface area contributed by atoms with Gasteiger partial charge in [-0.1, -0.05) is 0 Å². The molecule has 0 saturated heterocycles. The molecule has 0 fully saturated rings. The third-order valence-corrected chi connectivity index (χ3v) is 3.28. The van der Waals surface area contributed by atoms with Crippen molar-refractivity contribution in [1.82, 2.24) is 9.97 Å². The molecule has 0 unspecified atom stereocenters. The molecular weight excluding hydrogens is 231 g/mol. The van der Waals surface area contributed by atoms with Crippen molar-refractivity contribution < 1.29 is 12.8 Å². The summed E-state index contributed by atoms with van der Waals surface area (Å²) in [5, 5.41) is -0.357. The first-order valence-electron chi connectivity index (χ1n) is 3.82. The maximum absolute atomic E-state index is 12.4. The third kappa shape index (κ3) is 2.88. The predicted octanol–water partition coefficient (Wildman–Crippen LogP) is 1.02. The fourth-order valence-electron chi connectivity index (χ4n) is 0.797. The van der Waals surface area contributed by atoms with Crippen molar-refractivity contribution in [3.63, 3.8) is 0 Å². The standard InChI is InChI=1S/C7H8ClFN2O2S/c8-2-1-3-14(12,13)7-10-4-6(9)5-11-7/h4-5H,1-3H2. The van der Waals surface area contributed by atoms with Gasteiger partial charge in [0.1, 0.15) is 0 Å². The van der Waals surface area contributed by atoms with Crippen LogP contribution in [-0.2, 0) is 9.84 Å². The molecule has 78 valence electrons. The highest BCUT2D eigenvalue weighted by molar-refractivity contribution is 7.91. The average Bonchev–Trinajstić information content (AvgIpc) is 2.16. The molecule has 14 heavy (non-hydrogen) atoms. The van der Waals surface area contributed by atoms with Crippen LogP contribution in [0.5, 0.6) is 0 Å². The maximum atomic E-state index is 12.4. The summed E-state index contributed by atoms with van der Waals surface area (Å²) in [4.78, 5) is 6.77. The van der Waals surface area contributed by atoms with Gasteiger partial charge in [0.15, 0.2) is 5.82 Å². The highest BCUT2D eigenvalue weighted by atomic mass is 35.5. The van der Waals surface area contributed by atoms with E-state index in [9.17, 15) is 12.8 Å². The van der Waals surface area contributed by atoms with Gasteiger partial charge in [0.25, 0.3) is 0 Å². The van der Waals surface area contributed by atoms with Crippen LogP contribution in [0.2, 0.25) is 0 Å². The van der Waals surface area contributed by atoms with E-state index in [0.29, 0.717) is 6.42 Å². The van der Waals surface area contributed by atoms with Gasteiger partial charge in [-0.3, -0.25) is 0 Å². The number of hydrogen-bond donors (Lipinski definition) is 0. The third-order valence-electron chi connectivity index (χ3n) is 1.42. The maximum Gasteiger partial charge on any atom is 0.247 e. The molecule has 0 bridgehead atoms. The number of aromatic nitrogens is 2. The lowest BCUT2D eigenvalue weighted by Crippen LogP contribution is -2.11. The van der Waals surface area contributed by atoms with Gasteiger partial charge in [-0.25, -0.2) is 22.8 Å². The van der Waals surface area contributed by atoms with Gasteiger partial charge in [-0.05, 0) is 6.42 Å². The Morgan fingerprint density at radius 3 is 2.43 bits per heavy atom. The summed E-state index contributed by atoms with van der Waals surface area (Å²) in [6.45, 7) is 0. The summed E-state index contributed by atoms with van der Waals surface area (Å²) in [6.07, 6.45) is 1.96. The Hall–Kier alpha value is -0.750. The molecule has 0 amide bonds. The van der Waals surface area contributed by atoms with E-state index in [1.807, 2.05) is 0 Å². The van der Waals surface area contributed by atoms with E-state index in [1.165, 1.54) is 0 Å². The van der Waals surface area contributed by atoms with Crippen LogP contribution in [0.1, 0.15) is 6.42 Å². The number of alkyl halides is 1. The first-order valence-corrected chi connectivity index (χ1v) is 6.01. The van der Waals surface area contributed by atoms with E-state index in [0.717, 1.165) is 12.4 Å². The molecule has 0 N–H and O–H groups in total. The first-order chi connectivity index (χ1) is 6.56. The van der Waals surface area contributed by atoms with Gasteiger partial charge in [-0.15, -0.1) is 11.6 Å². The van der Waals surface area contributed by atoms with E-state index >= 15 is 0 Å². The normalized spacial score (nSPS) is 11.6. The van der Waals surface area contributed by atoms with Crippen LogP contribution < -0.4 is 0 Å². The Bertz CT molecular complexity index is 393. The fourth-order valence-corrected chi connectivity index (χ4v) is 2.22. The number of hydrogen-bond acceptors (Lipinski definition) is 4. The largest absolute Gasteiger partial charge is 0.247 e. The van der Waals surface area contributed by atoms with Gasteiger partial charge in [-0.2, -0.15) is 0 Å². The van der Waals surface area contributed by atoms with Crippen molar-refractivity contribution in [2.24, 2.45) is 0 Å². The zero-order chi connectivity index (χ0) is 10.6. The number of nitrogens with zero attached hydrogens (tertiary/aromatic N) is 2. The molecule has 0 aliphatic carbocycles. The summed E-state index contributed by atoms with van der Waals surface area (Å²) in [5.74, 6) is -0.538. The van der Waals surface area contributed by atoms with Crippen LogP contribution in [0.3, 0.4) is 0 Å². The Labute approximate surface area is 86.1 Å². The molecule has 1 rings (SSSR count). The van der Waals surface area contributed by atoms with Crippen molar-refractivity contribution in [1.29, 1.82) is 0 Å². The molecule has 1 aromatic heterocycles. The summed E-state index contributed by atoms with van der Waals surface area (Å²) in [6, 6.07) is 0. The Morgan fingerprint density at radius 1 is 1.36 bits per heavy atom. The van der Waals surface area contributed by atoms with E-state index < -0.39 is 15.7 Å². The quantitative estimate of drug-likeness (QED) is 0.580. The first kappa shape index (κ1) is 11.3. The zero-order valence-electron chi connectivity index (χ0n) is 7.15. The van der Waals surface area contributed by atoms with E-state index in [4.69, 9.17) is 11.6 Å². The molecule has 0 aromatic carbocycles. The van der Waals surface area contributed by atoms with Gasteiger partial charge >= 0.3 is 0 Å². The lowest BCUT2D eigenvalue weighted by molar-refractivity contribution is 0.575. The molecule has 0 spiro atoms. The molecule has 0 radical (unpaired) electrons. The Morgan fingerprint density at radius 2 is 1.93 bits per heavy atom. The predicted molar refractivity (Wildman–Crippen MR) is 49.4 cm³/mol. The van der Waals surface area contributed by atoms with Crippen LogP contribution in [-0.4, -0.2) is 30.0 Å². The molecule has 1 heterocycles. The van der Waals surface area contributed by atoms with E-state index in [-0.39, 0.29) is 16.8 Å². The van der Waals surface area contributed by atoms with Crippen LogP contribution in [0, 0.1) is 5.82 Å². The minimum absolute atomic E-state index is 0.123. The monoisotopic (exact) mass is 238 g/mol. The fraction of sp³-hybridized carbons (Fsp3) is 0.429. The lowest BCUT2D eigenvalue weighted by Gasteiger charge is -1.99. The molecule has 0 aliphatic heterocycles. The van der Waals surface area contributed by atoms with Crippen molar-refractivity contribution in [2.45, 2.75) is 11.6 Å². The second-order valence-corrected chi connectivity index (χ2v) is 4.93. The smallest absolute Gasteiger partial charge is 0.224 e. The highest BCUT2D eigenvalue weighted by Crippen LogP contribution is 2.06. The van der Waals surface area contributed by atoms with Crippen LogP contribution in [0.15, 0.2) is 17.6 Å². The highest BCUT2D eigenvalue weighted by Gasteiger charge is 2.16. The second-order valence-electron chi connectivity index (χ2n) is 2.55. The Kier molecular flexibility index (Phi) is 3.77. The van der Waals surface area contributed by atoms with Crippen molar-refractivity contribution >= 4 is 21.4 Å². The van der Waals surface area contributed by atoms with Gasteiger partial charge < -0.3 is 0 Å². The summed E-state index contributed by atoms with van der Waals surface area (Å²) < 4.78 is 35.2. The van der Waals surface area contributed by atoms with Gasteiger partial charge in [0.05, 0.1) is 18.1 Å². The van der Waals surface area contributed by atoms with Crippen LogP contribution in [0.25, 0.3) is 0 Å². The number of halogens is 2. The lowest BCUT2D eigenvalue weighted by atomic mass is 10.6. The summed E-state index contributed by atoms with van der Waals surface area (Å²) >= 11 is 5.36. The van der Waals surface area contributed by atoms with Gasteiger partial charge in [0.2, 0.25) is 15.0 Å². The molecule has 0 aliphatic rings. The minimum atomic E-state index is -3.51. The van der Waals surface area contributed by atoms with Crippen molar-refractivity contribution in [2.75, 3.05) is 11.6 Å². The van der Waals surface area contributed by atoms with Crippen molar-refractivity contribution in [3.8, 4) is 0 Å². The second kappa shape index (κ2) is 4.65. The van der Waals surface area contributed by atoms with Crippen LogP contribution >= 0.6 is 11.6 Å². The molecule has 7 heteroatoms. The summed E-state index contributed by atoms with van der Waals surface area (Å²) in [7, 11) is -3.51. The molecular formula is C7H8ClFN2O2S. The average molecular weight is 239 g/mol. The van der Waals surface area contributed by atoms with Gasteiger partial charge in [0, 0.05) is 5.88 Å².